The van der Waals surface area contributed by atoms with Crippen molar-refractivity contribution in [3.05, 3.63) is 17.2 Å². The van der Waals surface area contributed by atoms with Gasteiger partial charge in [-0.1, -0.05) is 0 Å². The lowest BCUT2D eigenvalue weighted by atomic mass is 10.1. The van der Waals surface area contributed by atoms with Crippen molar-refractivity contribution < 1.29 is 9.84 Å². The standard InChI is InChI=1S/C12H17NO2/c1-7-5-10(13)11(14)12(8(7)2)15-6-9-3-4-9/h5,9,14H,3-4,6,13H2,1-2H3. The van der Waals surface area contributed by atoms with E-state index in [-0.39, 0.29) is 5.75 Å². The number of anilines is 1. The van der Waals surface area contributed by atoms with Crippen molar-refractivity contribution in [2.24, 2.45) is 5.92 Å². The molecular weight excluding hydrogens is 190 g/mol. The minimum atomic E-state index is 0.0822. The summed E-state index contributed by atoms with van der Waals surface area (Å²) in [5.74, 6) is 1.31. The van der Waals surface area contributed by atoms with Crippen LogP contribution in [0.4, 0.5) is 5.69 Å². The summed E-state index contributed by atoms with van der Waals surface area (Å²) >= 11 is 0. The lowest BCUT2D eigenvalue weighted by molar-refractivity contribution is 0.283. The van der Waals surface area contributed by atoms with E-state index in [0.29, 0.717) is 24.0 Å². The average molecular weight is 207 g/mol. The zero-order valence-corrected chi connectivity index (χ0v) is 9.21. The maximum atomic E-state index is 9.79. The number of nitrogens with two attached hydrogens (primary N) is 1. The Morgan fingerprint density at radius 2 is 2.13 bits per heavy atom. The molecule has 2 rings (SSSR count). The smallest absolute Gasteiger partial charge is 0.181 e. The molecule has 0 heterocycles. The lowest BCUT2D eigenvalue weighted by Gasteiger charge is -2.14. The monoisotopic (exact) mass is 207 g/mol. The lowest BCUT2D eigenvalue weighted by Crippen LogP contribution is -2.03. The molecule has 1 saturated carbocycles. The van der Waals surface area contributed by atoms with E-state index in [1.807, 2.05) is 13.8 Å². The van der Waals surface area contributed by atoms with Crippen LogP contribution in [0, 0.1) is 19.8 Å². The highest BCUT2D eigenvalue weighted by molar-refractivity contribution is 5.64. The highest BCUT2D eigenvalue weighted by Crippen LogP contribution is 2.39. The highest BCUT2D eigenvalue weighted by atomic mass is 16.5. The number of phenolic OH excluding ortho intramolecular Hbond substituents is 1. The fraction of sp³-hybridized carbons (Fsp3) is 0.500. The van der Waals surface area contributed by atoms with Gasteiger partial charge >= 0.3 is 0 Å². The number of aromatic hydroxyl groups is 1. The fourth-order valence-corrected chi connectivity index (χ4v) is 1.56. The van der Waals surface area contributed by atoms with E-state index in [1.165, 1.54) is 12.8 Å². The number of hydrogen-bond acceptors (Lipinski definition) is 3. The summed E-state index contributed by atoms with van der Waals surface area (Å²) in [7, 11) is 0. The molecule has 15 heavy (non-hydrogen) atoms. The first-order valence-electron chi connectivity index (χ1n) is 5.31. The van der Waals surface area contributed by atoms with Gasteiger partial charge in [0.2, 0.25) is 0 Å². The third-order valence-electron chi connectivity index (χ3n) is 2.95. The SMILES string of the molecule is Cc1cc(N)c(O)c(OCC2CC2)c1C. The Kier molecular flexibility index (Phi) is 2.47. The summed E-state index contributed by atoms with van der Waals surface area (Å²) in [6.45, 7) is 4.60. The van der Waals surface area contributed by atoms with Crippen molar-refractivity contribution in [3.8, 4) is 11.5 Å². The minimum absolute atomic E-state index is 0.0822. The van der Waals surface area contributed by atoms with Crippen LogP contribution in [-0.4, -0.2) is 11.7 Å². The van der Waals surface area contributed by atoms with E-state index in [2.05, 4.69) is 0 Å². The second kappa shape index (κ2) is 3.65. The van der Waals surface area contributed by atoms with E-state index in [1.54, 1.807) is 6.07 Å². The molecule has 3 N–H and O–H groups in total. The van der Waals surface area contributed by atoms with Crippen LogP contribution >= 0.6 is 0 Å². The Hall–Kier alpha value is -1.38. The number of nitrogen functional groups attached to an aromatic ring is 1. The van der Waals surface area contributed by atoms with Gasteiger partial charge in [-0.15, -0.1) is 0 Å². The van der Waals surface area contributed by atoms with Gasteiger partial charge in [0.25, 0.3) is 0 Å². The molecule has 0 spiro atoms. The fourth-order valence-electron chi connectivity index (χ4n) is 1.56. The second-order valence-electron chi connectivity index (χ2n) is 4.34. The number of aryl methyl sites for hydroxylation is 1. The first-order chi connectivity index (χ1) is 7.09. The van der Waals surface area contributed by atoms with Crippen LogP contribution in [0.5, 0.6) is 11.5 Å². The number of ether oxygens (including phenoxy) is 1. The Morgan fingerprint density at radius 1 is 1.47 bits per heavy atom. The van der Waals surface area contributed by atoms with Gasteiger partial charge in [-0.05, 0) is 49.8 Å². The maximum Gasteiger partial charge on any atom is 0.181 e. The summed E-state index contributed by atoms with van der Waals surface area (Å²) < 4.78 is 5.62. The van der Waals surface area contributed by atoms with Crippen LogP contribution in [-0.2, 0) is 0 Å². The minimum Gasteiger partial charge on any atom is -0.503 e. The molecule has 0 aliphatic heterocycles. The van der Waals surface area contributed by atoms with Crippen molar-refractivity contribution in [1.29, 1.82) is 0 Å². The van der Waals surface area contributed by atoms with E-state index in [0.717, 1.165) is 11.1 Å². The van der Waals surface area contributed by atoms with Crippen LogP contribution in [0.3, 0.4) is 0 Å². The van der Waals surface area contributed by atoms with Crippen molar-refractivity contribution in [2.45, 2.75) is 26.7 Å². The molecule has 0 saturated heterocycles. The number of benzene rings is 1. The van der Waals surface area contributed by atoms with Gasteiger partial charge in [-0.2, -0.15) is 0 Å². The molecule has 0 aromatic heterocycles. The third-order valence-corrected chi connectivity index (χ3v) is 2.95. The molecule has 0 amide bonds. The van der Waals surface area contributed by atoms with E-state index < -0.39 is 0 Å². The van der Waals surface area contributed by atoms with E-state index >= 15 is 0 Å². The van der Waals surface area contributed by atoms with Gasteiger partial charge in [0.05, 0.1) is 12.3 Å². The Labute approximate surface area is 89.9 Å². The zero-order chi connectivity index (χ0) is 11.0. The molecule has 0 bridgehead atoms. The van der Waals surface area contributed by atoms with Gasteiger partial charge in [-0.3, -0.25) is 0 Å². The van der Waals surface area contributed by atoms with Crippen molar-refractivity contribution >= 4 is 5.69 Å². The van der Waals surface area contributed by atoms with Gasteiger partial charge in [0.15, 0.2) is 11.5 Å². The van der Waals surface area contributed by atoms with Gasteiger partial charge in [0, 0.05) is 0 Å². The molecular formula is C12H17NO2. The van der Waals surface area contributed by atoms with Crippen LogP contribution in [0.15, 0.2) is 6.07 Å². The van der Waals surface area contributed by atoms with Gasteiger partial charge < -0.3 is 15.6 Å². The summed E-state index contributed by atoms with van der Waals surface area (Å²) in [6, 6.07) is 1.77. The topological polar surface area (TPSA) is 55.5 Å². The molecule has 0 radical (unpaired) electrons. The molecule has 0 unspecified atom stereocenters. The summed E-state index contributed by atoms with van der Waals surface area (Å²) in [4.78, 5) is 0. The van der Waals surface area contributed by atoms with Crippen LogP contribution in [0.25, 0.3) is 0 Å². The molecule has 1 aliphatic carbocycles. The van der Waals surface area contributed by atoms with Crippen molar-refractivity contribution in [1.82, 2.24) is 0 Å². The predicted molar refractivity (Wildman–Crippen MR) is 60.2 cm³/mol. The first kappa shape index (κ1) is 10.1. The summed E-state index contributed by atoms with van der Waals surface area (Å²) in [5, 5.41) is 9.79. The molecule has 3 nitrogen and oxygen atoms in total. The normalized spacial score (nSPS) is 15.3. The summed E-state index contributed by atoms with van der Waals surface area (Å²) in [5.41, 5.74) is 8.10. The van der Waals surface area contributed by atoms with E-state index in [4.69, 9.17) is 10.5 Å². The summed E-state index contributed by atoms with van der Waals surface area (Å²) in [6.07, 6.45) is 2.47. The molecule has 0 atom stereocenters. The largest absolute Gasteiger partial charge is 0.503 e. The number of phenols is 1. The van der Waals surface area contributed by atoms with Crippen molar-refractivity contribution in [3.63, 3.8) is 0 Å². The maximum absolute atomic E-state index is 9.79. The molecule has 1 aliphatic rings. The van der Waals surface area contributed by atoms with Gasteiger partial charge in [0.1, 0.15) is 0 Å². The van der Waals surface area contributed by atoms with Crippen LogP contribution < -0.4 is 10.5 Å². The quantitative estimate of drug-likeness (QED) is 0.591. The van der Waals surface area contributed by atoms with Gasteiger partial charge in [-0.25, -0.2) is 0 Å². The van der Waals surface area contributed by atoms with Crippen LogP contribution in [0.2, 0.25) is 0 Å². The van der Waals surface area contributed by atoms with Crippen LogP contribution in [0.1, 0.15) is 24.0 Å². The first-order valence-corrected chi connectivity index (χ1v) is 5.31. The molecule has 1 aromatic carbocycles. The number of rotatable bonds is 3. The molecule has 3 heteroatoms. The molecule has 82 valence electrons. The molecule has 1 aromatic rings. The second-order valence-corrected chi connectivity index (χ2v) is 4.34. The van der Waals surface area contributed by atoms with Crippen molar-refractivity contribution in [2.75, 3.05) is 12.3 Å². The zero-order valence-electron chi connectivity index (χ0n) is 9.21. The Morgan fingerprint density at radius 3 is 2.73 bits per heavy atom. The Bertz CT molecular complexity index is 357. The highest BCUT2D eigenvalue weighted by Gasteiger charge is 2.23. The number of hydrogen-bond donors (Lipinski definition) is 2. The molecule has 1 fully saturated rings. The predicted octanol–water partition coefficient (Wildman–Crippen LogP) is 2.38. The third kappa shape index (κ3) is 2.01. The average Bonchev–Trinajstić information content (AvgIpc) is 2.99. The van der Waals surface area contributed by atoms with E-state index in [9.17, 15) is 5.11 Å². The Balaban J connectivity index is 2.25.